The van der Waals surface area contributed by atoms with Crippen molar-refractivity contribution < 1.29 is 4.39 Å². The maximum absolute atomic E-state index is 14.0. The van der Waals surface area contributed by atoms with Gasteiger partial charge in [0.05, 0.1) is 33.5 Å². The van der Waals surface area contributed by atoms with Crippen LogP contribution in [0.15, 0.2) is 54.5 Å². The number of benzene rings is 2. The fourth-order valence-electron chi connectivity index (χ4n) is 5.53. The van der Waals surface area contributed by atoms with Gasteiger partial charge in [0.1, 0.15) is 25.8 Å². The van der Waals surface area contributed by atoms with Crippen molar-refractivity contribution >= 4 is 30.1 Å². The Balaban J connectivity index is 1.51. The number of aromatic nitrogens is 1. The fourth-order valence-corrected chi connectivity index (χ4v) is 5.53. The maximum atomic E-state index is 14.0. The van der Waals surface area contributed by atoms with E-state index in [0.717, 1.165) is 19.5 Å². The molecule has 3 heterocycles. The Kier molecular flexibility index (Phi) is 8.24. The highest BCUT2D eigenvalue weighted by molar-refractivity contribution is 6.19. The molecule has 2 aliphatic heterocycles. The number of fused-ring (bicyclic) bond motifs is 1. The van der Waals surface area contributed by atoms with Gasteiger partial charge in [-0.3, -0.25) is 14.9 Å². The third-order valence-corrected chi connectivity index (χ3v) is 7.97. The summed E-state index contributed by atoms with van der Waals surface area (Å²) < 4.78 is 14.0. The molecule has 5 rings (SSSR count). The average Bonchev–Trinajstić information content (AvgIpc) is 3.61. The molecule has 0 spiro atoms. The van der Waals surface area contributed by atoms with E-state index >= 15 is 0 Å². The molecule has 0 aliphatic carbocycles. The molecule has 1 saturated heterocycles. The van der Waals surface area contributed by atoms with Crippen LogP contribution in [0.3, 0.4) is 0 Å². The van der Waals surface area contributed by atoms with Crippen molar-refractivity contribution in [3.63, 3.8) is 0 Å². The lowest BCUT2D eigenvalue weighted by Gasteiger charge is -2.34. The second kappa shape index (κ2) is 11.6. The number of nitrogens with zero attached hydrogens (tertiary/aromatic N) is 5. The monoisotopic (exact) mass is 591 g/mol. The van der Waals surface area contributed by atoms with Crippen molar-refractivity contribution in [1.29, 1.82) is 10.5 Å². The highest BCUT2D eigenvalue weighted by atomic mass is 19.1. The molecule has 0 bridgehead atoms. The Bertz CT molecular complexity index is 1660. The molecule has 3 aromatic rings. The zero-order chi connectivity index (χ0) is 31.9. The van der Waals surface area contributed by atoms with Crippen molar-refractivity contribution in [1.82, 2.24) is 25.9 Å². The fraction of sp³-hybridized carbons (Fsp3) is 0.424. The summed E-state index contributed by atoms with van der Waals surface area (Å²) in [4.78, 5) is 6.92. The highest BCUT2D eigenvalue weighted by Crippen LogP contribution is 2.36. The van der Waals surface area contributed by atoms with Gasteiger partial charge in [0, 0.05) is 54.7 Å². The normalized spacial score (nSPS) is 19.4. The molecule has 1 aromatic heterocycles. The summed E-state index contributed by atoms with van der Waals surface area (Å²) in [6, 6.07) is 14.5. The molecule has 226 valence electrons. The van der Waals surface area contributed by atoms with Gasteiger partial charge < -0.3 is 16.1 Å². The molecule has 4 N–H and O–H groups in total. The van der Waals surface area contributed by atoms with E-state index in [-0.39, 0.29) is 16.8 Å². The zero-order valence-corrected chi connectivity index (χ0v) is 26.2. The Morgan fingerprint density at radius 2 is 1.77 bits per heavy atom. The summed E-state index contributed by atoms with van der Waals surface area (Å²) in [6.45, 7) is 15.4. The van der Waals surface area contributed by atoms with Gasteiger partial charge in [-0.25, -0.2) is 4.39 Å². The molecule has 9 nitrogen and oxygen atoms in total. The standard InChI is InChI=1S/C33H39BFN9/c1-31(2,3)20-39-30-22(16-37)17-38-29-21(15-36)13-25(14-27(29)30)40-33(34,23-7-9-24(35)10-8-23)28-19-43(42-41-28)12-11-26-18-44(26)32(4,5)6/h7-10,13-14,17,19,26,40-42H,11-12,18,20H2,1-6H3,(H,38,39). The van der Waals surface area contributed by atoms with E-state index in [1.165, 1.54) is 18.3 Å². The number of hydrogen-bond donors (Lipinski definition) is 4. The smallest absolute Gasteiger partial charge is 0.123 e. The van der Waals surface area contributed by atoms with E-state index in [0.29, 0.717) is 57.3 Å². The molecule has 1 fully saturated rings. The topological polar surface area (TPSA) is 115 Å². The number of nitrogens with one attached hydrogen (secondary N) is 4. The first kappa shape index (κ1) is 31.1. The third-order valence-electron chi connectivity index (χ3n) is 7.97. The summed E-state index contributed by atoms with van der Waals surface area (Å²) in [7, 11) is 7.16. The van der Waals surface area contributed by atoms with Gasteiger partial charge >= 0.3 is 0 Å². The minimum Gasteiger partial charge on any atom is -0.383 e. The van der Waals surface area contributed by atoms with Crippen LogP contribution in [0, 0.1) is 33.9 Å². The minimum absolute atomic E-state index is 0.0603. The maximum Gasteiger partial charge on any atom is 0.123 e. The molecular weight excluding hydrogens is 552 g/mol. The molecule has 2 aromatic carbocycles. The van der Waals surface area contributed by atoms with Gasteiger partial charge in [-0.15, -0.1) is 5.53 Å². The molecule has 0 saturated carbocycles. The lowest BCUT2D eigenvalue weighted by molar-refractivity contribution is 0.241. The summed E-state index contributed by atoms with van der Waals surface area (Å²) >= 11 is 0. The molecule has 2 aliphatic rings. The molecular formula is C33H39BFN9. The van der Waals surface area contributed by atoms with Crippen molar-refractivity contribution in [2.75, 3.05) is 30.3 Å². The second-order valence-corrected chi connectivity index (χ2v) is 13.8. The Hall–Kier alpha value is -4.32. The summed E-state index contributed by atoms with van der Waals surface area (Å²) in [5.74, 6) is -0.376. The van der Waals surface area contributed by atoms with Crippen LogP contribution in [0.2, 0.25) is 0 Å². The number of anilines is 2. The molecule has 44 heavy (non-hydrogen) atoms. The molecule has 11 heteroatoms. The Morgan fingerprint density at radius 1 is 1.07 bits per heavy atom. The largest absolute Gasteiger partial charge is 0.383 e. The predicted molar refractivity (Wildman–Crippen MR) is 172 cm³/mol. The predicted octanol–water partition coefficient (Wildman–Crippen LogP) is 5.05. The molecule has 0 amide bonds. The van der Waals surface area contributed by atoms with E-state index in [9.17, 15) is 14.9 Å². The van der Waals surface area contributed by atoms with Crippen LogP contribution in [0.25, 0.3) is 10.9 Å². The van der Waals surface area contributed by atoms with E-state index < -0.39 is 5.44 Å². The summed E-state index contributed by atoms with van der Waals surface area (Å²) in [5.41, 5.74) is 8.69. The van der Waals surface area contributed by atoms with Crippen LogP contribution < -0.4 is 21.6 Å². The number of nitriles is 2. The number of halogens is 1. The SMILES string of the molecule is [B]C(Nc1cc(C#N)c2ncc(C#N)c(NCC(C)(C)C)c2c1)(C1=CN(CCC2CN2C(C)(C)C)NN1)c1ccc(F)cc1. The van der Waals surface area contributed by atoms with Crippen molar-refractivity contribution in [2.24, 2.45) is 5.41 Å². The van der Waals surface area contributed by atoms with Crippen LogP contribution in [0.1, 0.15) is 64.7 Å². The first-order chi connectivity index (χ1) is 20.7. The van der Waals surface area contributed by atoms with Crippen molar-refractivity contribution in [3.8, 4) is 12.1 Å². The lowest BCUT2D eigenvalue weighted by atomic mass is 9.69. The summed E-state index contributed by atoms with van der Waals surface area (Å²) in [5, 5.41) is 29.4. The van der Waals surface area contributed by atoms with Crippen LogP contribution in [-0.4, -0.2) is 54.0 Å². The third kappa shape index (κ3) is 6.60. The average molecular weight is 592 g/mol. The van der Waals surface area contributed by atoms with Gasteiger partial charge in [0.2, 0.25) is 0 Å². The lowest BCUT2D eigenvalue weighted by Crippen LogP contribution is -2.45. The van der Waals surface area contributed by atoms with E-state index in [1.54, 1.807) is 18.2 Å². The highest BCUT2D eigenvalue weighted by Gasteiger charge is 2.42. The summed E-state index contributed by atoms with van der Waals surface area (Å²) in [6.07, 6.45) is 4.38. The van der Waals surface area contributed by atoms with Crippen molar-refractivity contribution in [2.45, 2.75) is 65.0 Å². The number of rotatable bonds is 9. The van der Waals surface area contributed by atoms with Gasteiger partial charge in [-0.05, 0) is 62.4 Å². The van der Waals surface area contributed by atoms with Gasteiger partial charge in [-0.2, -0.15) is 10.5 Å². The number of pyridine rings is 1. The van der Waals surface area contributed by atoms with Gasteiger partial charge in [0.25, 0.3) is 0 Å². The van der Waals surface area contributed by atoms with Gasteiger partial charge in [-0.1, -0.05) is 32.9 Å². The van der Waals surface area contributed by atoms with E-state index in [4.69, 9.17) is 7.85 Å². The molecule has 3 atom stereocenters. The second-order valence-electron chi connectivity index (χ2n) is 13.8. The quantitative estimate of drug-likeness (QED) is 0.201. The number of hydrazine groups is 2. The zero-order valence-electron chi connectivity index (χ0n) is 26.2. The first-order valence-electron chi connectivity index (χ1n) is 14.8. The van der Waals surface area contributed by atoms with Crippen LogP contribution in [-0.2, 0) is 5.44 Å². The minimum atomic E-state index is -1.34. The van der Waals surface area contributed by atoms with Crippen LogP contribution in [0.4, 0.5) is 15.8 Å². The van der Waals surface area contributed by atoms with Gasteiger partial charge in [0.15, 0.2) is 0 Å². The Labute approximate surface area is 260 Å². The van der Waals surface area contributed by atoms with E-state index in [2.05, 4.69) is 85.2 Å². The van der Waals surface area contributed by atoms with Crippen LogP contribution in [0.5, 0.6) is 0 Å². The first-order valence-corrected chi connectivity index (χ1v) is 14.8. The Morgan fingerprint density at radius 3 is 2.39 bits per heavy atom. The molecule has 3 unspecified atom stereocenters. The van der Waals surface area contributed by atoms with Crippen LogP contribution >= 0.6 is 0 Å². The van der Waals surface area contributed by atoms with Crippen molar-refractivity contribution in [3.05, 3.63) is 77.0 Å². The molecule has 2 radical (unpaired) electrons. The van der Waals surface area contributed by atoms with E-state index in [1.807, 2.05) is 17.3 Å². The number of hydrogen-bond acceptors (Lipinski definition) is 9.